The minimum Gasteiger partial charge on any atom is -0.444 e. The molecule has 0 aliphatic heterocycles. The molecule has 0 fully saturated rings. The highest BCUT2D eigenvalue weighted by molar-refractivity contribution is 5.89. The number of benzene rings is 1. The van der Waals surface area contributed by atoms with E-state index in [1.165, 1.54) is 6.21 Å². The van der Waals surface area contributed by atoms with Crippen LogP contribution in [0.3, 0.4) is 0 Å². The Labute approximate surface area is 145 Å². The van der Waals surface area contributed by atoms with E-state index in [0.717, 1.165) is 16.6 Å². The molecule has 2 amide bonds. The number of ether oxygens (including phenoxy) is 1. The van der Waals surface area contributed by atoms with Gasteiger partial charge in [0.05, 0.1) is 17.2 Å². The number of carbonyl (C=O) groups is 2. The number of hydrogen-bond acceptors (Lipinski definition) is 6. The summed E-state index contributed by atoms with van der Waals surface area (Å²) >= 11 is 0. The Balaban J connectivity index is 1.89. The second-order valence-corrected chi connectivity index (χ2v) is 6.41. The van der Waals surface area contributed by atoms with Gasteiger partial charge in [-0.15, -0.1) is 0 Å². The molecule has 1 heterocycles. The predicted molar refractivity (Wildman–Crippen MR) is 94.1 cm³/mol. The molecule has 1 unspecified atom stereocenters. The molecule has 8 heteroatoms. The summed E-state index contributed by atoms with van der Waals surface area (Å²) in [6.45, 7) is 6.78. The molecule has 8 nitrogen and oxygen atoms in total. The average Bonchev–Trinajstić information content (AvgIpc) is 2.52. The lowest BCUT2D eigenvalue weighted by Crippen LogP contribution is -2.45. The molecule has 0 saturated carbocycles. The minimum absolute atomic E-state index is 0.456. The van der Waals surface area contributed by atoms with Crippen LogP contribution in [0.1, 0.15) is 33.3 Å². The summed E-state index contributed by atoms with van der Waals surface area (Å²) in [6.07, 6.45) is 4.06. The molecule has 0 saturated heterocycles. The summed E-state index contributed by atoms with van der Waals surface area (Å²) in [5, 5.41) is 6.33. The van der Waals surface area contributed by atoms with Gasteiger partial charge in [0.1, 0.15) is 11.6 Å². The molecule has 0 radical (unpaired) electrons. The zero-order chi connectivity index (χ0) is 18.4. The first-order chi connectivity index (χ1) is 11.7. The second-order valence-electron chi connectivity index (χ2n) is 6.41. The van der Waals surface area contributed by atoms with Gasteiger partial charge in [-0.05, 0) is 45.4 Å². The molecule has 2 aromatic rings. The fraction of sp³-hybridized carbons (Fsp3) is 0.353. The van der Waals surface area contributed by atoms with Crippen molar-refractivity contribution in [2.75, 3.05) is 0 Å². The molecule has 1 aromatic heterocycles. The molecular formula is C17H21N5O3. The molecule has 1 aromatic carbocycles. The lowest BCUT2D eigenvalue weighted by Gasteiger charge is -2.21. The maximum atomic E-state index is 11.9. The number of nitrogens with zero attached hydrogens (tertiary/aromatic N) is 3. The van der Waals surface area contributed by atoms with Crippen molar-refractivity contribution in [3.63, 3.8) is 0 Å². The number of fused-ring (bicyclic) bond motifs is 1. The Bertz CT molecular complexity index is 798. The summed E-state index contributed by atoms with van der Waals surface area (Å²) in [6, 6.07) is 4.66. The van der Waals surface area contributed by atoms with Crippen molar-refractivity contribution < 1.29 is 14.3 Å². The van der Waals surface area contributed by atoms with Crippen LogP contribution in [-0.2, 0) is 9.53 Å². The van der Waals surface area contributed by atoms with E-state index in [9.17, 15) is 9.59 Å². The van der Waals surface area contributed by atoms with E-state index in [1.54, 1.807) is 46.2 Å². The number of nitrogens with one attached hydrogen (secondary N) is 2. The van der Waals surface area contributed by atoms with E-state index < -0.39 is 23.6 Å². The van der Waals surface area contributed by atoms with Crippen molar-refractivity contribution >= 4 is 29.2 Å². The molecule has 25 heavy (non-hydrogen) atoms. The topological polar surface area (TPSA) is 106 Å². The van der Waals surface area contributed by atoms with Crippen LogP contribution >= 0.6 is 0 Å². The van der Waals surface area contributed by atoms with Crippen molar-refractivity contribution in [1.29, 1.82) is 0 Å². The van der Waals surface area contributed by atoms with Crippen LogP contribution < -0.4 is 10.7 Å². The van der Waals surface area contributed by atoms with Crippen molar-refractivity contribution in [1.82, 2.24) is 20.7 Å². The molecule has 0 aliphatic carbocycles. The van der Waals surface area contributed by atoms with Crippen LogP contribution in [0.2, 0.25) is 0 Å². The zero-order valence-corrected chi connectivity index (χ0v) is 14.6. The molecule has 0 bridgehead atoms. The first-order valence-corrected chi connectivity index (χ1v) is 7.78. The number of rotatable bonds is 4. The molecular weight excluding hydrogens is 322 g/mol. The number of hydrazone groups is 1. The molecule has 132 valence electrons. The van der Waals surface area contributed by atoms with Gasteiger partial charge >= 0.3 is 6.09 Å². The lowest BCUT2D eigenvalue weighted by atomic mass is 10.2. The van der Waals surface area contributed by atoms with Crippen molar-refractivity contribution in [2.45, 2.75) is 39.3 Å². The lowest BCUT2D eigenvalue weighted by molar-refractivity contribution is -0.122. The van der Waals surface area contributed by atoms with Crippen LogP contribution in [0, 0.1) is 0 Å². The number of amides is 2. The summed E-state index contributed by atoms with van der Waals surface area (Å²) < 4.78 is 5.09. The Morgan fingerprint density at radius 1 is 1.20 bits per heavy atom. The van der Waals surface area contributed by atoms with Gasteiger partial charge in [-0.3, -0.25) is 14.8 Å². The van der Waals surface area contributed by atoms with Gasteiger partial charge < -0.3 is 10.1 Å². The average molecular weight is 343 g/mol. The maximum absolute atomic E-state index is 11.9. The maximum Gasteiger partial charge on any atom is 0.408 e. The van der Waals surface area contributed by atoms with Gasteiger partial charge in [-0.25, -0.2) is 10.2 Å². The molecule has 2 rings (SSSR count). The highest BCUT2D eigenvalue weighted by Gasteiger charge is 2.20. The Kier molecular flexibility index (Phi) is 5.63. The van der Waals surface area contributed by atoms with Crippen LogP contribution in [0.5, 0.6) is 0 Å². The predicted octanol–water partition coefficient (Wildman–Crippen LogP) is 1.99. The summed E-state index contributed by atoms with van der Waals surface area (Å²) in [4.78, 5) is 31.9. The van der Waals surface area contributed by atoms with E-state index >= 15 is 0 Å². The Hall–Kier alpha value is -3.03. The van der Waals surface area contributed by atoms with Gasteiger partial charge in [0.2, 0.25) is 0 Å². The van der Waals surface area contributed by atoms with Crippen LogP contribution in [0.25, 0.3) is 11.0 Å². The van der Waals surface area contributed by atoms with Crippen molar-refractivity contribution in [3.05, 3.63) is 36.2 Å². The summed E-state index contributed by atoms with van der Waals surface area (Å²) in [5.74, 6) is -0.456. The molecule has 0 aliphatic rings. The molecule has 1 atom stereocenters. The highest BCUT2D eigenvalue weighted by atomic mass is 16.6. The molecule has 2 N–H and O–H groups in total. The van der Waals surface area contributed by atoms with Crippen LogP contribution in [0.15, 0.2) is 35.7 Å². The van der Waals surface area contributed by atoms with Gasteiger partial charge in [0.15, 0.2) is 0 Å². The SMILES string of the molecule is CC(NC(=O)OC(C)(C)C)C(=O)NN=Cc1ccc2nccnc2c1. The summed E-state index contributed by atoms with van der Waals surface area (Å²) in [5.41, 5.74) is 4.02. The standard InChI is InChI=1S/C17H21N5O3/c1-11(21-16(24)25-17(2,3)4)15(23)22-20-10-12-5-6-13-14(9-12)19-8-7-18-13/h5-11H,1-4H3,(H,21,24)(H,22,23). The number of alkyl carbamates (subject to hydrolysis) is 1. The monoisotopic (exact) mass is 343 g/mol. The van der Waals surface area contributed by atoms with Crippen molar-refractivity contribution in [3.8, 4) is 0 Å². The summed E-state index contributed by atoms with van der Waals surface area (Å²) in [7, 11) is 0. The van der Waals surface area contributed by atoms with E-state index in [0.29, 0.717) is 0 Å². The Morgan fingerprint density at radius 3 is 2.56 bits per heavy atom. The minimum atomic E-state index is -0.783. The van der Waals surface area contributed by atoms with E-state index in [2.05, 4.69) is 25.8 Å². The van der Waals surface area contributed by atoms with Crippen molar-refractivity contribution in [2.24, 2.45) is 5.10 Å². The van der Waals surface area contributed by atoms with Crippen LogP contribution in [-0.4, -0.2) is 39.8 Å². The fourth-order valence-electron chi connectivity index (χ4n) is 1.88. The third-order valence-electron chi connectivity index (χ3n) is 3.01. The first-order valence-electron chi connectivity index (χ1n) is 7.78. The third-order valence-corrected chi connectivity index (χ3v) is 3.01. The van der Waals surface area contributed by atoms with Gasteiger partial charge in [-0.2, -0.15) is 5.10 Å². The smallest absolute Gasteiger partial charge is 0.408 e. The van der Waals surface area contributed by atoms with Gasteiger partial charge in [0, 0.05) is 12.4 Å². The third kappa shape index (κ3) is 5.83. The van der Waals surface area contributed by atoms with Gasteiger partial charge in [-0.1, -0.05) is 6.07 Å². The molecule has 0 spiro atoms. The second kappa shape index (κ2) is 7.69. The van der Waals surface area contributed by atoms with E-state index in [1.807, 2.05) is 12.1 Å². The van der Waals surface area contributed by atoms with Crippen LogP contribution in [0.4, 0.5) is 4.79 Å². The zero-order valence-electron chi connectivity index (χ0n) is 14.6. The highest BCUT2D eigenvalue weighted by Crippen LogP contribution is 2.09. The quantitative estimate of drug-likeness (QED) is 0.652. The first kappa shape index (κ1) is 18.3. The van der Waals surface area contributed by atoms with E-state index in [-0.39, 0.29) is 0 Å². The number of aromatic nitrogens is 2. The Morgan fingerprint density at radius 2 is 1.88 bits per heavy atom. The fourth-order valence-corrected chi connectivity index (χ4v) is 1.88. The normalized spacial score (nSPS) is 12.8. The number of carbonyl (C=O) groups excluding carboxylic acids is 2. The number of hydrogen-bond donors (Lipinski definition) is 2. The van der Waals surface area contributed by atoms with E-state index in [4.69, 9.17) is 4.74 Å². The largest absolute Gasteiger partial charge is 0.444 e. The van der Waals surface area contributed by atoms with Gasteiger partial charge in [0.25, 0.3) is 5.91 Å².